The normalized spacial score (nSPS) is 28.8. The van der Waals surface area contributed by atoms with Crippen molar-refractivity contribution in [2.45, 2.75) is 64.1 Å². The summed E-state index contributed by atoms with van der Waals surface area (Å²) in [7, 11) is 0. The summed E-state index contributed by atoms with van der Waals surface area (Å²) >= 11 is 3.35. The van der Waals surface area contributed by atoms with Crippen molar-refractivity contribution in [3.05, 3.63) is 28.0 Å². The molecule has 1 aromatic rings. The maximum atomic E-state index is 13.7. The van der Waals surface area contributed by atoms with Gasteiger partial charge in [0.1, 0.15) is 5.82 Å². The van der Waals surface area contributed by atoms with Gasteiger partial charge >= 0.3 is 0 Å². The van der Waals surface area contributed by atoms with Gasteiger partial charge in [0.05, 0.1) is 4.47 Å². The molecule has 2 heterocycles. The monoisotopic (exact) mass is 354 g/mol. The van der Waals surface area contributed by atoms with E-state index in [2.05, 4.69) is 33.1 Å². The van der Waals surface area contributed by atoms with E-state index in [0.717, 1.165) is 12.1 Å². The standard InChI is InChI=1S/C17H24BrFN2/c1-3-20-12-8-13-5-4-6-14(9-12)21(13)17-10-15(18)16(19)7-11(17)2/h7,10,12-14,20H,3-6,8-9H2,1-2H3. The summed E-state index contributed by atoms with van der Waals surface area (Å²) in [6.45, 7) is 5.26. The average molecular weight is 355 g/mol. The molecule has 0 radical (unpaired) electrons. The highest BCUT2D eigenvalue weighted by Crippen LogP contribution is 2.40. The van der Waals surface area contributed by atoms with Crippen LogP contribution in [-0.4, -0.2) is 24.7 Å². The first kappa shape index (κ1) is 15.3. The quantitative estimate of drug-likeness (QED) is 0.865. The molecule has 2 nitrogen and oxygen atoms in total. The van der Waals surface area contributed by atoms with E-state index >= 15 is 0 Å². The van der Waals surface area contributed by atoms with Gasteiger partial charge in [-0.15, -0.1) is 0 Å². The Hall–Kier alpha value is -0.610. The molecule has 0 amide bonds. The Morgan fingerprint density at radius 2 is 1.95 bits per heavy atom. The van der Waals surface area contributed by atoms with Gasteiger partial charge in [-0.3, -0.25) is 0 Å². The van der Waals surface area contributed by atoms with Crippen LogP contribution >= 0.6 is 15.9 Å². The minimum atomic E-state index is -0.163. The topological polar surface area (TPSA) is 15.3 Å². The third kappa shape index (κ3) is 2.98. The first-order valence-corrected chi connectivity index (χ1v) is 8.86. The fourth-order valence-corrected chi connectivity index (χ4v) is 4.48. The van der Waals surface area contributed by atoms with E-state index in [1.165, 1.54) is 37.8 Å². The van der Waals surface area contributed by atoms with E-state index in [0.29, 0.717) is 22.6 Å². The zero-order valence-electron chi connectivity index (χ0n) is 12.8. The van der Waals surface area contributed by atoms with Crippen LogP contribution in [-0.2, 0) is 0 Å². The van der Waals surface area contributed by atoms with Gasteiger partial charge in [-0.2, -0.15) is 0 Å². The van der Waals surface area contributed by atoms with Gasteiger partial charge < -0.3 is 10.2 Å². The Bertz CT molecular complexity index is 506. The van der Waals surface area contributed by atoms with E-state index < -0.39 is 0 Å². The van der Waals surface area contributed by atoms with Gasteiger partial charge in [-0.05, 0) is 79.2 Å². The predicted octanol–water partition coefficient (Wildman–Crippen LogP) is 4.40. The smallest absolute Gasteiger partial charge is 0.137 e. The van der Waals surface area contributed by atoms with Crippen LogP contribution in [0.25, 0.3) is 0 Å². The molecule has 3 rings (SSSR count). The van der Waals surface area contributed by atoms with Crippen molar-refractivity contribution in [1.82, 2.24) is 5.32 Å². The second-order valence-electron chi connectivity index (χ2n) is 6.42. The highest BCUT2D eigenvalue weighted by Gasteiger charge is 2.38. The number of benzene rings is 1. The summed E-state index contributed by atoms with van der Waals surface area (Å²) < 4.78 is 14.3. The molecule has 0 aromatic heterocycles. The molecule has 2 unspecified atom stereocenters. The number of nitrogens with zero attached hydrogens (tertiary/aromatic N) is 1. The van der Waals surface area contributed by atoms with Crippen LogP contribution in [0.3, 0.4) is 0 Å². The fourth-order valence-electron chi connectivity index (χ4n) is 4.14. The molecule has 2 aliphatic heterocycles. The number of nitrogens with one attached hydrogen (secondary N) is 1. The minimum Gasteiger partial charge on any atom is -0.365 e. The molecule has 21 heavy (non-hydrogen) atoms. The van der Waals surface area contributed by atoms with Crippen LogP contribution in [0.4, 0.5) is 10.1 Å². The van der Waals surface area contributed by atoms with Gasteiger partial charge in [0.15, 0.2) is 0 Å². The van der Waals surface area contributed by atoms with E-state index in [1.807, 2.05) is 13.0 Å². The van der Waals surface area contributed by atoms with E-state index in [1.54, 1.807) is 6.07 Å². The van der Waals surface area contributed by atoms with Gasteiger partial charge in [0.25, 0.3) is 0 Å². The van der Waals surface area contributed by atoms with Gasteiger partial charge in [-0.1, -0.05) is 6.92 Å². The first-order valence-electron chi connectivity index (χ1n) is 8.07. The SMILES string of the molecule is CCNC1CC2CCCC(C1)N2c1cc(Br)c(F)cc1C. The molecule has 4 heteroatoms. The molecule has 2 atom stereocenters. The molecular weight excluding hydrogens is 331 g/mol. The summed E-state index contributed by atoms with van der Waals surface area (Å²) in [4.78, 5) is 2.58. The van der Waals surface area contributed by atoms with Crippen LogP contribution in [0.1, 0.15) is 44.6 Å². The van der Waals surface area contributed by atoms with Crippen molar-refractivity contribution < 1.29 is 4.39 Å². The number of piperidine rings is 2. The molecule has 1 aromatic carbocycles. The summed E-state index contributed by atoms with van der Waals surface area (Å²) in [6.07, 6.45) is 6.25. The number of fused-ring (bicyclic) bond motifs is 2. The number of anilines is 1. The maximum Gasteiger partial charge on any atom is 0.137 e. The number of rotatable bonds is 3. The third-order valence-corrected chi connectivity index (χ3v) is 5.59. The molecule has 0 spiro atoms. The van der Waals surface area contributed by atoms with Crippen molar-refractivity contribution in [2.75, 3.05) is 11.4 Å². The van der Waals surface area contributed by atoms with Gasteiger partial charge in [-0.25, -0.2) is 4.39 Å². The van der Waals surface area contributed by atoms with Crippen molar-refractivity contribution in [3.8, 4) is 0 Å². The third-order valence-electron chi connectivity index (χ3n) is 4.98. The van der Waals surface area contributed by atoms with Crippen LogP contribution < -0.4 is 10.2 Å². The lowest BCUT2D eigenvalue weighted by molar-refractivity contribution is 0.247. The molecule has 2 saturated heterocycles. The first-order chi connectivity index (χ1) is 10.1. The lowest BCUT2D eigenvalue weighted by atomic mass is 9.81. The summed E-state index contributed by atoms with van der Waals surface area (Å²) in [5.74, 6) is -0.163. The minimum absolute atomic E-state index is 0.163. The predicted molar refractivity (Wildman–Crippen MR) is 89.4 cm³/mol. The van der Waals surface area contributed by atoms with Crippen molar-refractivity contribution >= 4 is 21.6 Å². The van der Waals surface area contributed by atoms with E-state index in [-0.39, 0.29) is 5.82 Å². The molecule has 116 valence electrons. The van der Waals surface area contributed by atoms with Gasteiger partial charge in [0, 0.05) is 23.8 Å². The Kier molecular flexibility index (Phi) is 4.55. The zero-order chi connectivity index (χ0) is 15.0. The van der Waals surface area contributed by atoms with Crippen molar-refractivity contribution in [1.29, 1.82) is 0 Å². The summed E-state index contributed by atoms with van der Waals surface area (Å²) in [6, 6.07) is 5.47. The second kappa shape index (κ2) is 6.25. The number of halogens is 2. The lowest BCUT2D eigenvalue weighted by Gasteiger charge is -2.51. The molecular formula is C17H24BrFN2. The number of hydrogen-bond acceptors (Lipinski definition) is 2. The summed E-state index contributed by atoms with van der Waals surface area (Å²) in [5.41, 5.74) is 2.27. The fraction of sp³-hybridized carbons (Fsp3) is 0.647. The molecule has 0 aliphatic carbocycles. The average Bonchev–Trinajstić information content (AvgIpc) is 2.42. The van der Waals surface area contributed by atoms with Crippen LogP contribution in [0.2, 0.25) is 0 Å². The number of hydrogen-bond donors (Lipinski definition) is 1. The second-order valence-corrected chi connectivity index (χ2v) is 7.28. The van der Waals surface area contributed by atoms with E-state index in [9.17, 15) is 4.39 Å². The van der Waals surface area contributed by atoms with Crippen LogP contribution in [0.15, 0.2) is 16.6 Å². The van der Waals surface area contributed by atoms with Crippen molar-refractivity contribution in [2.24, 2.45) is 0 Å². The molecule has 2 aliphatic rings. The highest BCUT2D eigenvalue weighted by atomic mass is 79.9. The molecule has 2 fully saturated rings. The van der Waals surface area contributed by atoms with Gasteiger partial charge in [0.2, 0.25) is 0 Å². The number of aryl methyl sites for hydroxylation is 1. The van der Waals surface area contributed by atoms with E-state index in [4.69, 9.17) is 0 Å². The van der Waals surface area contributed by atoms with Crippen molar-refractivity contribution in [3.63, 3.8) is 0 Å². The largest absolute Gasteiger partial charge is 0.365 e. The Labute approximate surface area is 135 Å². The lowest BCUT2D eigenvalue weighted by Crippen LogP contribution is -2.56. The summed E-state index contributed by atoms with van der Waals surface area (Å²) in [5, 5.41) is 3.62. The zero-order valence-corrected chi connectivity index (χ0v) is 14.4. The highest BCUT2D eigenvalue weighted by molar-refractivity contribution is 9.10. The Balaban J connectivity index is 1.90. The molecule has 1 N–H and O–H groups in total. The van der Waals surface area contributed by atoms with Crippen LogP contribution in [0.5, 0.6) is 0 Å². The molecule has 2 bridgehead atoms. The molecule has 0 saturated carbocycles. The van der Waals surface area contributed by atoms with Crippen LogP contribution in [0, 0.1) is 12.7 Å². The Morgan fingerprint density at radius 3 is 2.57 bits per heavy atom. The maximum absolute atomic E-state index is 13.7. The Morgan fingerprint density at radius 1 is 1.29 bits per heavy atom.